The zero-order valence-electron chi connectivity index (χ0n) is 15.3. The normalized spacial score (nSPS) is 57.1. The minimum Gasteiger partial charge on any atom is -0.392 e. The average Bonchev–Trinajstić information content (AvgIpc) is 2.99. The second-order valence-corrected chi connectivity index (χ2v) is 9.58. The fourth-order valence-electron chi connectivity index (χ4n) is 8.58. The van der Waals surface area contributed by atoms with Crippen molar-refractivity contribution in [3.63, 3.8) is 0 Å². The quantitative estimate of drug-likeness (QED) is 0.764. The minimum atomic E-state index is -0.273. The molecule has 0 amide bonds. The van der Waals surface area contributed by atoms with E-state index in [9.17, 15) is 10.2 Å². The predicted octanol–water partition coefficient (Wildman–Crippen LogP) is 1.70. The molecule has 5 fully saturated rings. The number of rotatable bonds is 1. The van der Waals surface area contributed by atoms with E-state index in [4.69, 9.17) is 0 Å². The molecule has 2 N–H and O–H groups in total. The molecule has 1 aromatic carbocycles. The smallest absolute Gasteiger partial charge is 0.193 e. The van der Waals surface area contributed by atoms with Crippen LogP contribution in [0, 0.1) is 17.8 Å². The number of quaternary nitrogens is 1. The zero-order chi connectivity index (χ0) is 17.3. The molecule has 134 valence electrons. The molecule has 4 nitrogen and oxygen atoms in total. The van der Waals surface area contributed by atoms with Gasteiger partial charge in [0.25, 0.3) is 0 Å². The van der Waals surface area contributed by atoms with Crippen LogP contribution in [0.2, 0.25) is 0 Å². The number of nitrogens with zero attached hydrogens (tertiary/aromatic N) is 2. The monoisotopic (exact) mass is 341 g/mol. The van der Waals surface area contributed by atoms with Crippen LogP contribution in [0.1, 0.15) is 31.7 Å². The second kappa shape index (κ2) is 4.24. The molecule has 7 rings (SSSR count). The number of aliphatic hydroxyl groups excluding tert-OH is 2. The van der Waals surface area contributed by atoms with Gasteiger partial charge in [0, 0.05) is 37.4 Å². The van der Waals surface area contributed by atoms with Crippen molar-refractivity contribution in [1.29, 1.82) is 0 Å². The number of benzene rings is 1. The summed E-state index contributed by atoms with van der Waals surface area (Å²) in [5.74, 6) is 1.17. The lowest BCUT2D eigenvalue weighted by molar-refractivity contribution is -1.02. The number of anilines is 1. The Morgan fingerprint density at radius 2 is 2.00 bits per heavy atom. The van der Waals surface area contributed by atoms with Gasteiger partial charge in [-0.15, -0.1) is 0 Å². The Morgan fingerprint density at radius 1 is 1.24 bits per heavy atom. The van der Waals surface area contributed by atoms with Crippen LogP contribution >= 0.6 is 0 Å². The Hall–Kier alpha value is -1.10. The standard InChI is InChI=1S/C21H29N2O2/c1-4-11-12-9-15-18-21(13-7-5-6-8-14(13)22(18)2)10-16(17(12)19(21)24)23(15,3)20(11)25/h5-8,11-12,15-20,24-25H,4,9-10H2,1-3H3/q+1. The van der Waals surface area contributed by atoms with E-state index < -0.39 is 0 Å². The summed E-state index contributed by atoms with van der Waals surface area (Å²) in [6, 6.07) is 9.87. The summed E-state index contributed by atoms with van der Waals surface area (Å²) in [6.07, 6.45) is 2.67. The summed E-state index contributed by atoms with van der Waals surface area (Å²) in [7, 11) is 4.51. The van der Waals surface area contributed by atoms with Gasteiger partial charge >= 0.3 is 0 Å². The maximum absolute atomic E-state index is 11.7. The van der Waals surface area contributed by atoms with Crippen LogP contribution in [0.15, 0.2) is 24.3 Å². The molecule has 1 saturated carbocycles. The first-order valence-electron chi connectivity index (χ1n) is 10.0. The number of para-hydroxylation sites is 1. The molecule has 4 saturated heterocycles. The molecule has 5 bridgehead atoms. The summed E-state index contributed by atoms with van der Waals surface area (Å²) < 4.78 is 0.779. The first-order chi connectivity index (χ1) is 12.0. The first kappa shape index (κ1) is 15.0. The molecule has 25 heavy (non-hydrogen) atoms. The van der Waals surface area contributed by atoms with Gasteiger partial charge in [-0.05, 0) is 24.0 Å². The van der Waals surface area contributed by atoms with Crippen LogP contribution in [0.3, 0.4) is 0 Å². The van der Waals surface area contributed by atoms with Crippen LogP contribution in [0.25, 0.3) is 0 Å². The maximum atomic E-state index is 11.7. The topological polar surface area (TPSA) is 43.7 Å². The van der Waals surface area contributed by atoms with Crippen LogP contribution in [0.4, 0.5) is 5.69 Å². The Balaban J connectivity index is 1.63. The summed E-state index contributed by atoms with van der Waals surface area (Å²) in [6.45, 7) is 2.21. The molecular formula is C21H29N2O2+. The van der Waals surface area contributed by atoms with E-state index >= 15 is 0 Å². The number of likely N-dealkylation sites (N-methyl/N-ethyl adjacent to an activating group) is 2. The number of aliphatic hydroxyl groups is 2. The number of hydrogen-bond acceptors (Lipinski definition) is 3. The van der Waals surface area contributed by atoms with Crippen LogP contribution in [-0.2, 0) is 5.41 Å². The average molecular weight is 341 g/mol. The third-order valence-electron chi connectivity index (χ3n) is 9.39. The van der Waals surface area contributed by atoms with Crippen molar-refractivity contribution in [1.82, 2.24) is 0 Å². The van der Waals surface area contributed by atoms with Crippen molar-refractivity contribution in [2.24, 2.45) is 17.8 Å². The molecule has 0 aromatic heterocycles. The summed E-state index contributed by atoms with van der Waals surface area (Å²) in [4.78, 5) is 2.44. The fraction of sp³-hybridized carbons (Fsp3) is 0.714. The SMILES string of the molecule is CCC1C2CC3C4N(C)c5ccccc5C45CC(C2C5O)[N+]3(C)C1O. The van der Waals surface area contributed by atoms with Crippen LogP contribution in [-0.4, -0.2) is 59.2 Å². The van der Waals surface area contributed by atoms with Gasteiger partial charge in [0.05, 0.1) is 30.7 Å². The maximum Gasteiger partial charge on any atom is 0.193 e. The Morgan fingerprint density at radius 3 is 2.76 bits per heavy atom. The lowest BCUT2D eigenvalue weighted by Crippen LogP contribution is -2.81. The van der Waals surface area contributed by atoms with Gasteiger partial charge in [0.1, 0.15) is 6.04 Å². The zero-order valence-corrected chi connectivity index (χ0v) is 15.3. The van der Waals surface area contributed by atoms with E-state index in [1.807, 2.05) is 0 Å². The highest BCUT2D eigenvalue weighted by atomic mass is 16.3. The van der Waals surface area contributed by atoms with Crippen molar-refractivity contribution in [2.75, 3.05) is 19.0 Å². The second-order valence-electron chi connectivity index (χ2n) is 9.58. The molecule has 10 atom stereocenters. The highest BCUT2D eigenvalue weighted by molar-refractivity contribution is 5.66. The Bertz CT molecular complexity index is 768. The van der Waals surface area contributed by atoms with Crippen LogP contribution in [0.5, 0.6) is 0 Å². The summed E-state index contributed by atoms with van der Waals surface area (Å²) in [5, 5.41) is 23.1. The lowest BCUT2D eigenvalue weighted by atomic mass is 9.61. The highest BCUT2D eigenvalue weighted by Crippen LogP contribution is 2.70. The number of piperidine rings is 4. The molecule has 5 heterocycles. The van der Waals surface area contributed by atoms with E-state index in [1.54, 1.807) is 0 Å². The van der Waals surface area contributed by atoms with E-state index in [1.165, 1.54) is 11.3 Å². The first-order valence-corrected chi connectivity index (χ1v) is 10.0. The Labute approximate surface area is 149 Å². The van der Waals surface area contributed by atoms with Gasteiger partial charge < -0.3 is 15.1 Å². The molecule has 5 aliphatic heterocycles. The molecule has 4 heteroatoms. The Kier molecular flexibility index (Phi) is 2.54. The predicted molar refractivity (Wildman–Crippen MR) is 96.1 cm³/mol. The fourth-order valence-corrected chi connectivity index (χ4v) is 8.58. The number of hydrogen-bond donors (Lipinski definition) is 2. The molecule has 1 spiro atoms. The summed E-state index contributed by atoms with van der Waals surface area (Å²) in [5.41, 5.74) is 2.54. The van der Waals surface area contributed by atoms with Crippen molar-refractivity contribution < 1.29 is 14.7 Å². The van der Waals surface area contributed by atoms with Crippen molar-refractivity contribution >= 4 is 5.69 Å². The van der Waals surface area contributed by atoms with Gasteiger partial charge in [0.15, 0.2) is 6.23 Å². The van der Waals surface area contributed by atoms with E-state index in [0.29, 0.717) is 35.9 Å². The van der Waals surface area contributed by atoms with Gasteiger partial charge in [-0.3, -0.25) is 4.48 Å². The molecular weight excluding hydrogens is 312 g/mol. The number of fused-ring (bicyclic) bond motifs is 2. The van der Waals surface area contributed by atoms with Gasteiger partial charge in [0.2, 0.25) is 0 Å². The third kappa shape index (κ3) is 1.27. The van der Waals surface area contributed by atoms with Gasteiger partial charge in [-0.2, -0.15) is 0 Å². The minimum absolute atomic E-state index is 0.125. The van der Waals surface area contributed by atoms with Crippen LogP contribution < -0.4 is 4.90 Å². The van der Waals surface area contributed by atoms with Gasteiger partial charge in [-0.1, -0.05) is 25.1 Å². The molecule has 10 unspecified atom stereocenters. The molecule has 0 radical (unpaired) electrons. The van der Waals surface area contributed by atoms with Crippen molar-refractivity contribution in [3.8, 4) is 0 Å². The summed E-state index contributed by atoms with van der Waals surface area (Å²) >= 11 is 0. The van der Waals surface area contributed by atoms with E-state index in [-0.39, 0.29) is 17.7 Å². The lowest BCUT2D eigenvalue weighted by Gasteiger charge is -2.66. The van der Waals surface area contributed by atoms with E-state index in [0.717, 1.165) is 23.7 Å². The third-order valence-corrected chi connectivity index (χ3v) is 9.39. The van der Waals surface area contributed by atoms with E-state index in [2.05, 4.69) is 50.2 Å². The molecule has 1 aromatic rings. The molecule has 1 aliphatic carbocycles. The highest BCUT2D eigenvalue weighted by Gasteiger charge is 2.82. The van der Waals surface area contributed by atoms with Crippen molar-refractivity contribution in [3.05, 3.63) is 29.8 Å². The molecule has 6 aliphatic rings. The van der Waals surface area contributed by atoms with Gasteiger partial charge in [-0.25, -0.2) is 0 Å². The largest absolute Gasteiger partial charge is 0.392 e. The van der Waals surface area contributed by atoms with Crippen molar-refractivity contribution in [2.45, 2.75) is 62.1 Å².